The van der Waals surface area contributed by atoms with E-state index < -0.39 is 7.91 Å². The lowest BCUT2D eigenvalue weighted by Gasteiger charge is -1.55. The Kier molecular flexibility index (Phi) is 2.46. The molecule has 0 aromatic carbocycles. The maximum atomic E-state index is 9.05. The lowest BCUT2D eigenvalue weighted by atomic mass is 15.8. The van der Waals surface area contributed by atoms with Gasteiger partial charge in [-0.05, 0) is 0 Å². The third-order valence-electron chi connectivity index (χ3n) is 0.0563. The molecule has 0 aliphatic carbocycles. The van der Waals surface area contributed by atoms with Crippen molar-refractivity contribution in [1.82, 2.24) is 0 Å². The van der Waals surface area contributed by atoms with Crippen LogP contribution in [0.4, 0.5) is 0 Å². The van der Waals surface area contributed by atoms with E-state index >= 15 is 0 Å². The number of halogens is 1. The summed E-state index contributed by atoms with van der Waals surface area (Å²) in [5.41, 5.74) is 0. The van der Waals surface area contributed by atoms with Gasteiger partial charge in [-0.15, -0.1) is 0 Å². The third-order valence-corrected chi connectivity index (χ3v) is 0.507. The quantitative estimate of drug-likeness (QED) is 0.482. The van der Waals surface area contributed by atoms with Gasteiger partial charge in [0.25, 0.3) is 0 Å². The summed E-state index contributed by atoms with van der Waals surface area (Å²) in [4.78, 5) is 0. The molecular weight excluding hydrogens is 114 g/mol. The van der Waals surface area contributed by atoms with E-state index in [1.54, 1.807) is 0 Å². The highest BCUT2D eigenvalue weighted by atomic mass is 35.5. The van der Waals surface area contributed by atoms with Gasteiger partial charge >= 0.3 is 7.91 Å². The Morgan fingerprint density at radius 1 is 1.60 bits per heavy atom. The molecular formula is ClO3P. The Morgan fingerprint density at radius 2 is 1.80 bits per heavy atom. The van der Waals surface area contributed by atoms with Crippen molar-refractivity contribution in [3.8, 4) is 0 Å². The molecule has 0 amide bonds. The molecule has 0 unspecified atom stereocenters. The summed E-state index contributed by atoms with van der Waals surface area (Å²) in [6.45, 7) is 0. The van der Waals surface area contributed by atoms with Gasteiger partial charge in [0.05, 0.1) is 11.9 Å². The van der Waals surface area contributed by atoms with Crippen molar-refractivity contribution in [2.45, 2.75) is 0 Å². The molecule has 0 rings (SSSR count). The van der Waals surface area contributed by atoms with E-state index in [1.807, 2.05) is 0 Å². The Morgan fingerprint density at radius 3 is 1.80 bits per heavy atom. The molecule has 0 bridgehead atoms. The van der Waals surface area contributed by atoms with E-state index in [2.05, 4.69) is 15.9 Å². The molecule has 0 atom stereocenters. The zero-order valence-corrected chi connectivity index (χ0v) is 3.70. The van der Waals surface area contributed by atoms with E-state index in [1.165, 1.54) is 0 Å². The van der Waals surface area contributed by atoms with Crippen LogP contribution in [0.2, 0.25) is 0 Å². The molecule has 0 aromatic heterocycles. The molecule has 0 heterocycles. The largest absolute Gasteiger partial charge is 0.485 e. The number of hydrogen-bond acceptors (Lipinski definition) is 3. The van der Waals surface area contributed by atoms with Gasteiger partial charge in [-0.2, -0.15) is 4.08 Å². The fraction of sp³-hybridized carbons (Fsp3) is 0. The summed E-state index contributed by atoms with van der Waals surface area (Å²) in [6, 6.07) is 0. The van der Waals surface area contributed by atoms with Crippen molar-refractivity contribution in [2.75, 3.05) is 0 Å². The number of hydrogen-bond donors (Lipinski definition) is 0. The minimum absolute atomic E-state index is 2.83. The maximum absolute atomic E-state index is 9.05. The first-order valence-electron chi connectivity index (χ1n) is 0.702. The highest BCUT2D eigenvalue weighted by molar-refractivity contribution is 7.26. The fourth-order valence-electron chi connectivity index (χ4n) is 0. The predicted molar refractivity (Wildman–Crippen MR) is 15.2 cm³/mol. The molecule has 3 nitrogen and oxygen atoms in total. The van der Waals surface area contributed by atoms with Crippen LogP contribution in [0.25, 0.3) is 0 Å². The van der Waals surface area contributed by atoms with Gasteiger partial charge in [0.2, 0.25) is 0 Å². The lowest BCUT2D eigenvalue weighted by molar-refractivity contribution is 0.452. The van der Waals surface area contributed by atoms with Crippen LogP contribution in [0.3, 0.4) is 0 Å². The topological polar surface area (TPSA) is 43.4 Å². The second-order valence-corrected chi connectivity index (χ2v) is 1.29. The van der Waals surface area contributed by atoms with Crippen LogP contribution in [-0.4, -0.2) is 0 Å². The second-order valence-electron chi connectivity index (χ2n) is 0.293. The first-order valence-corrected chi connectivity index (χ1v) is 2.11. The zero-order valence-electron chi connectivity index (χ0n) is 2.05. The minimum Gasteiger partial charge on any atom is -0.202 e. The van der Waals surface area contributed by atoms with E-state index in [0.717, 1.165) is 0 Å². The first kappa shape index (κ1) is 5.15. The highest BCUT2D eigenvalue weighted by Gasteiger charge is 1.76. The van der Waals surface area contributed by atoms with Crippen LogP contribution in [0.5, 0.6) is 0 Å². The highest BCUT2D eigenvalue weighted by Crippen LogP contribution is 2.05. The molecule has 0 aliphatic heterocycles. The molecule has 5 heavy (non-hydrogen) atoms. The van der Waals surface area contributed by atoms with Crippen molar-refractivity contribution in [1.29, 1.82) is 0 Å². The summed E-state index contributed by atoms with van der Waals surface area (Å²) < 4.78 is 21.3. The van der Waals surface area contributed by atoms with Crippen molar-refractivity contribution in [3.63, 3.8) is 0 Å². The lowest BCUT2D eigenvalue weighted by Crippen LogP contribution is -1.31. The molecule has 0 saturated carbocycles. The zero-order chi connectivity index (χ0) is 4.28. The fourth-order valence-corrected chi connectivity index (χ4v) is 0. The van der Waals surface area contributed by atoms with Gasteiger partial charge in [-0.25, -0.2) is 9.13 Å². The molecule has 5 heteroatoms. The molecule has 0 aliphatic rings. The average Bonchev–Trinajstić information content (AvgIpc) is 1.38. The van der Waals surface area contributed by atoms with E-state index in [9.17, 15) is 0 Å². The van der Waals surface area contributed by atoms with E-state index in [0.29, 0.717) is 0 Å². The van der Waals surface area contributed by atoms with E-state index in [-0.39, 0.29) is 0 Å². The van der Waals surface area contributed by atoms with E-state index in [4.69, 9.17) is 9.13 Å². The smallest absolute Gasteiger partial charge is 0.202 e. The Balaban J connectivity index is 3.23. The molecule has 30 valence electrons. The Bertz CT molecular complexity index is 65.0. The van der Waals surface area contributed by atoms with Crippen LogP contribution in [0.1, 0.15) is 0 Å². The first-order chi connectivity index (χ1) is 2.27. The maximum Gasteiger partial charge on any atom is 0.485 e. The molecule has 0 aromatic rings. The average molecular weight is 114 g/mol. The van der Waals surface area contributed by atoms with Crippen molar-refractivity contribution in [2.24, 2.45) is 0 Å². The summed E-state index contributed by atoms with van der Waals surface area (Å²) in [5.74, 6) is 0. The molecule has 0 fully saturated rings. The van der Waals surface area contributed by atoms with Gasteiger partial charge in [-0.3, -0.25) is 0 Å². The summed E-state index contributed by atoms with van der Waals surface area (Å²) in [7, 11) is -2.83. The van der Waals surface area contributed by atoms with Crippen molar-refractivity contribution < 1.29 is 13.2 Å². The van der Waals surface area contributed by atoms with Crippen LogP contribution in [0, 0.1) is 0 Å². The standard InChI is InChI=1S/ClO3P/c1-4-5(2)3. The summed E-state index contributed by atoms with van der Waals surface area (Å²) >= 11 is 4.24. The van der Waals surface area contributed by atoms with Crippen LogP contribution in [0.15, 0.2) is 0 Å². The van der Waals surface area contributed by atoms with Crippen molar-refractivity contribution in [3.05, 3.63) is 0 Å². The Labute approximate surface area is 34.0 Å². The second kappa shape index (κ2) is 2.39. The number of rotatable bonds is 1. The predicted octanol–water partition coefficient (Wildman–Crippen LogP) is 1.24. The van der Waals surface area contributed by atoms with Crippen LogP contribution < -0.4 is 0 Å². The van der Waals surface area contributed by atoms with Gasteiger partial charge in [0.1, 0.15) is 0 Å². The van der Waals surface area contributed by atoms with Crippen molar-refractivity contribution >= 4 is 19.8 Å². The van der Waals surface area contributed by atoms with Crippen LogP contribution >= 0.6 is 19.8 Å². The Hall–Kier alpha value is 0.150. The summed E-state index contributed by atoms with van der Waals surface area (Å²) in [6.07, 6.45) is 0. The van der Waals surface area contributed by atoms with Gasteiger partial charge in [-0.1, -0.05) is 0 Å². The van der Waals surface area contributed by atoms with Gasteiger partial charge in [0.15, 0.2) is 0 Å². The van der Waals surface area contributed by atoms with Gasteiger partial charge in [0, 0.05) is 0 Å². The van der Waals surface area contributed by atoms with Crippen LogP contribution in [-0.2, 0) is 13.2 Å². The SMILES string of the molecule is O=P(=O)OCl. The normalized spacial score (nSPS) is 7.40. The summed E-state index contributed by atoms with van der Waals surface area (Å²) in [5, 5.41) is 0. The molecule has 0 N–H and O–H groups in total. The third kappa shape index (κ3) is 4.15. The molecule has 0 saturated heterocycles. The van der Waals surface area contributed by atoms with Gasteiger partial charge < -0.3 is 0 Å². The molecule has 0 radical (unpaired) electrons. The monoisotopic (exact) mass is 114 g/mol. The molecule has 0 spiro atoms. The minimum atomic E-state index is -2.83.